The van der Waals surface area contributed by atoms with Crippen molar-refractivity contribution in [2.24, 2.45) is 0 Å². The summed E-state index contributed by atoms with van der Waals surface area (Å²) in [4.78, 5) is 21.8. The van der Waals surface area contributed by atoms with E-state index in [1.54, 1.807) is 6.20 Å². The van der Waals surface area contributed by atoms with Gasteiger partial charge in [-0.1, -0.05) is 36.4 Å². The fraction of sp³-hybridized carbons (Fsp3) is 0.455. The van der Waals surface area contributed by atoms with E-state index in [9.17, 15) is 4.79 Å². The standard InChI is InChI=1S/C22H30N4O/c1-22(2,3)26(16-18-8-5-4-6-9-18)21(27)17-25-13-12-24-15-20(25)19-10-7-11-23-14-19/h4-11,14,20,24H,12-13,15-17H2,1-3H3. The van der Waals surface area contributed by atoms with E-state index in [0.717, 1.165) is 30.8 Å². The van der Waals surface area contributed by atoms with E-state index < -0.39 is 0 Å². The van der Waals surface area contributed by atoms with E-state index in [0.29, 0.717) is 13.1 Å². The largest absolute Gasteiger partial charge is 0.332 e. The number of carbonyl (C=O) groups excluding carboxylic acids is 1. The molecule has 1 aromatic carbocycles. The van der Waals surface area contributed by atoms with Crippen LogP contribution in [0.5, 0.6) is 0 Å². The van der Waals surface area contributed by atoms with Gasteiger partial charge >= 0.3 is 0 Å². The molecule has 0 saturated carbocycles. The average molecular weight is 367 g/mol. The Morgan fingerprint density at radius 1 is 1.22 bits per heavy atom. The first-order chi connectivity index (χ1) is 12.9. The van der Waals surface area contributed by atoms with Crippen LogP contribution in [0.25, 0.3) is 0 Å². The summed E-state index contributed by atoms with van der Waals surface area (Å²) in [6, 6.07) is 14.4. The van der Waals surface area contributed by atoms with Gasteiger partial charge in [-0.15, -0.1) is 0 Å². The monoisotopic (exact) mass is 366 g/mol. The molecule has 1 amide bonds. The Morgan fingerprint density at radius 3 is 2.67 bits per heavy atom. The van der Waals surface area contributed by atoms with E-state index in [-0.39, 0.29) is 17.5 Å². The SMILES string of the molecule is CC(C)(C)N(Cc1ccccc1)C(=O)CN1CCNCC1c1cccnc1. The van der Waals surface area contributed by atoms with Crippen molar-refractivity contribution in [2.45, 2.75) is 38.9 Å². The van der Waals surface area contributed by atoms with Gasteiger partial charge in [0.15, 0.2) is 0 Å². The van der Waals surface area contributed by atoms with E-state index in [4.69, 9.17) is 0 Å². The lowest BCUT2D eigenvalue weighted by molar-refractivity contribution is -0.138. The van der Waals surface area contributed by atoms with Gasteiger partial charge in [-0.3, -0.25) is 14.7 Å². The molecule has 144 valence electrons. The van der Waals surface area contributed by atoms with E-state index >= 15 is 0 Å². The number of carbonyl (C=O) groups is 1. The summed E-state index contributed by atoms with van der Waals surface area (Å²) >= 11 is 0. The highest BCUT2D eigenvalue weighted by molar-refractivity contribution is 5.79. The summed E-state index contributed by atoms with van der Waals surface area (Å²) in [6.07, 6.45) is 3.69. The molecule has 5 nitrogen and oxygen atoms in total. The first kappa shape index (κ1) is 19.5. The van der Waals surface area contributed by atoms with Gasteiger partial charge < -0.3 is 10.2 Å². The third kappa shape index (κ3) is 5.15. The highest BCUT2D eigenvalue weighted by atomic mass is 16.2. The Balaban J connectivity index is 1.75. The first-order valence-corrected chi connectivity index (χ1v) is 9.64. The molecule has 1 atom stereocenters. The second-order valence-corrected chi connectivity index (χ2v) is 8.11. The van der Waals surface area contributed by atoms with Crippen LogP contribution in [0.1, 0.15) is 37.9 Å². The number of pyridine rings is 1. The number of aromatic nitrogens is 1. The Labute approximate surface area is 162 Å². The fourth-order valence-corrected chi connectivity index (χ4v) is 3.56. The lowest BCUT2D eigenvalue weighted by Gasteiger charge is -2.40. The molecule has 27 heavy (non-hydrogen) atoms. The van der Waals surface area contributed by atoms with Crippen LogP contribution in [0.15, 0.2) is 54.9 Å². The highest BCUT2D eigenvalue weighted by Crippen LogP contribution is 2.23. The third-order valence-electron chi connectivity index (χ3n) is 5.06. The van der Waals surface area contributed by atoms with E-state index in [2.05, 4.69) is 54.2 Å². The summed E-state index contributed by atoms with van der Waals surface area (Å²) in [6.45, 7) is 9.96. The highest BCUT2D eigenvalue weighted by Gasteiger charge is 2.31. The normalized spacial score (nSPS) is 18.3. The molecule has 5 heteroatoms. The second-order valence-electron chi connectivity index (χ2n) is 8.11. The van der Waals surface area contributed by atoms with Crippen LogP contribution < -0.4 is 5.32 Å². The predicted octanol–water partition coefficient (Wildman–Crippen LogP) is 2.86. The fourth-order valence-electron chi connectivity index (χ4n) is 3.56. The summed E-state index contributed by atoms with van der Waals surface area (Å²) < 4.78 is 0. The molecule has 3 rings (SSSR count). The summed E-state index contributed by atoms with van der Waals surface area (Å²) in [5, 5.41) is 3.44. The van der Waals surface area contributed by atoms with Gasteiger partial charge in [-0.2, -0.15) is 0 Å². The zero-order valence-electron chi connectivity index (χ0n) is 16.6. The molecule has 0 spiro atoms. The quantitative estimate of drug-likeness (QED) is 0.884. The zero-order valence-corrected chi connectivity index (χ0v) is 16.6. The summed E-state index contributed by atoms with van der Waals surface area (Å²) in [5.41, 5.74) is 2.08. The molecule has 1 unspecified atom stereocenters. The molecule has 2 heterocycles. The molecule has 1 N–H and O–H groups in total. The molecule has 1 aromatic heterocycles. The van der Waals surface area contributed by atoms with Gasteiger partial charge in [0.25, 0.3) is 0 Å². The van der Waals surface area contributed by atoms with Gasteiger partial charge in [0.1, 0.15) is 0 Å². The lowest BCUT2D eigenvalue weighted by Crippen LogP contribution is -2.53. The maximum Gasteiger partial charge on any atom is 0.237 e. The number of nitrogens with one attached hydrogen (secondary N) is 1. The van der Waals surface area contributed by atoms with Crippen molar-refractivity contribution in [1.29, 1.82) is 0 Å². The molecule has 1 fully saturated rings. The maximum absolute atomic E-state index is 13.3. The summed E-state index contributed by atoms with van der Waals surface area (Å²) in [5.74, 6) is 0.169. The number of hydrogen-bond donors (Lipinski definition) is 1. The summed E-state index contributed by atoms with van der Waals surface area (Å²) in [7, 11) is 0. The minimum Gasteiger partial charge on any atom is -0.332 e. The Bertz CT molecular complexity index is 727. The van der Waals surface area contributed by atoms with Crippen molar-refractivity contribution in [3.63, 3.8) is 0 Å². The van der Waals surface area contributed by atoms with Crippen LogP contribution in [0, 0.1) is 0 Å². The molecular weight excluding hydrogens is 336 g/mol. The topological polar surface area (TPSA) is 48.5 Å². The Kier molecular flexibility index (Phi) is 6.24. The molecule has 0 radical (unpaired) electrons. The van der Waals surface area contributed by atoms with Crippen molar-refractivity contribution in [3.05, 3.63) is 66.0 Å². The van der Waals surface area contributed by atoms with Gasteiger partial charge in [0.2, 0.25) is 5.91 Å². The minimum atomic E-state index is -0.231. The first-order valence-electron chi connectivity index (χ1n) is 9.64. The zero-order chi connectivity index (χ0) is 19.3. The smallest absolute Gasteiger partial charge is 0.237 e. The minimum absolute atomic E-state index is 0.169. The molecule has 0 aliphatic carbocycles. The van der Waals surface area contributed by atoms with Crippen LogP contribution in [0.4, 0.5) is 0 Å². The van der Waals surface area contributed by atoms with Gasteiger partial charge in [0, 0.05) is 50.2 Å². The van der Waals surface area contributed by atoms with Crippen molar-refractivity contribution < 1.29 is 4.79 Å². The van der Waals surface area contributed by atoms with E-state index in [1.807, 2.05) is 35.4 Å². The van der Waals surface area contributed by atoms with Crippen LogP contribution in [0.2, 0.25) is 0 Å². The number of nitrogens with zero attached hydrogens (tertiary/aromatic N) is 3. The van der Waals surface area contributed by atoms with Crippen LogP contribution >= 0.6 is 0 Å². The molecular formula is C22H30N4O. The number of piperazine rings is 1. The van der Waals surface area contributed by atoms with Crippen molar-refractivity contribution in [1.82, 2.24) is 20.1 Å². The van der Waals surface area contributed by atoms with Crippen molar-refractivity contribution in [2.75, 3.05) is 26.2 Å². The third-order valence-corrected chi connectivity index (χ3v) is 5.06. The molecule has 2 aromatic rings. The van der Waals surface area contributed by atoms with Crippen molar-refractivity contribution >= 4 is 5.91 Å². The molecule has 1 saturated heterocycles. The number of benzene rings is 1. The van der Waals surface area contributed by atoms with Crippen molar-refractivity contribution in [3.8, 4) is 0 Å². The van der Waals surface area contributed by atoms with Crippen LogP contribution in [-0.4, -0.2) is 52.4 Å². The number of rotatable bonds is 5. The Hall–Kier alpha value is -2.24. The van der Waals surface area contributed by atoms with Gasteiger partial charge in [0.05, 0.1) is 6.54 Å². The molecule has 1 aliphatic rings. The lowest BCUT2D eigenvalue weighted by atomic mass is 10.0. The Morgan fingerprint density at radius 2 is 2.00 bits per heavy atom. The van der Waals surface area contributed by atoms with E-state index in [1.165, 1.54) is 0 Å². The van der Waals surface area contributed by atoms with Crippen LogP contribution in [0.3, 0.4) is 0 Å². The molecule has 1 aliphatic heterocycles. The number of amides is 1. The average Bonchev–Trinajstić information content (AvgIpc) is 2.67. The number of hydrogen-bond acceptors (Lipinski definition) is 4. The maximum atomic E-state index is 13.3. The van der Waals surface area contributed by atoms with Crippen LogP contribution in [-0.2, 0) is 11.3 Å². The molecule has 0 bridgehead atoms. The second kappa shape index (κ2) is 8.63. The van der Waals surface area contributed by atoms with Gasteiger partial charge in [-0.05, 0) is 38.0 Å². The predicted molar refractivity (Wildman–Crippen MR) is 108 cm³/mol. The van der Waals surface area contributed by atoms with Gasteiger partial charge in [-0.25, -0.2) is 0 Å².